The normalized spacial score (nSPS) is 11.7. The van der Waals surface area contributed by atoms with E-state index in [1.54, 1.807) is 23.7 Å². The van der Waals surface area contributed by atoms with Crippen LogP contribution in [0.5, 0.6) is 0 Å². The molecule has 2 heterocycles. The van der Waals surface area contributed by atoms with Crippen molar-refractivity contribution in [2.24, 2.45) is 0 Å². The lowest BCUT2D eigenvalue weighted by molar-refractivity contribution is -0.116. The molecule has 2 aromatic heterocycles. The smallest absolute Gasteiger partial charge is 0.264 e. The van der Waals surface area contributed by atoms with Crippen LogP contribution in [0, 0.1) is 12.7 Å². The molecule has 1 N–H and O–H groups in total. The molecule has 0 saturated carbocycles. The van der Waals surface area contributed by atoms with Crippen LogP contribution >= 0.6 is 0 Å². The standard InChI is InChI=1S/C19H22FN5O2/c1-12-22-17-13(11-21-25(17)19(2,3)4)18(27)24(12)10-9-16(26)23-15-8-6-5-7-14(15)20/h5-8,11H,9-10H2,1-4H3,(H,23,26). The summed E-state index contributed by atoms with van der Waals surface area (Å²) < 4.78 is 16.8. The molecule has 27 heavy (non-hydrogen) atoms. The Morgan fingerprint density at radius 1 is 1.26 bits per heavy atom. The third-order valence-corrected chi connectivity index (χ3v) is 4.22. The van der Waals surface area contributed by atoms with Crippen molar-refractivity contribution in [1.29, 1.82) is 0 Å². The summed E-state index contributed by atoms with van der Waals surface area (Å²) in [5.41, 5.74) is 0.0924. The van der Waals surface area contributed by atoms with Gasteiger partial charge < -0.3 is 5.32 Å². The predicted molar refractivity (Wildman–Crippen MR) is 101 cm³/mol. The van der Waals surface area contributed by atoms with Crippen LogP contribution in [0.3, 0.4) is 0 Å². The molecule has 3 aromatic rings. The van der Waals surface area contributed by atoms with Crippen LogP contribution in [0.15, 0.2) is 35.3 Å². The number of amides is 1. The Labute approximate surface area is 155 Å². The molecule has 0 unspecified atom stereocenters. The van der Waals surface area contributed by atoms with Crippen LogP contribution in [0.1, 0.15) is 33.0 Å². The number of nitrogens with one attached hydrogen (secondary N) is 1. The van der Waals surface area contributed by atoms with Gasteiger partial charge in [0.05, 0.1) is 17.4 Å². The van der Waals surface area contributed by atoms with E-state index < -0.39 is 5.82 Å². The zero-order chi connectivity index (χ0) is 19.8. The van der Waals surface area contributed by atoms with Gasteiger partial charge in [-0.1, -0.05) is 12.1 Å². The number of rotatable bonds is 4. The van der Waals surface area contributed by atoms with Crippen LogP contribution in [0.2, 0.25) is 0 Å². The van der Waals surface area contributed by atoms with E-state index in [2.05, 4.69) is 15.4 Å². The number of hydrogen-bond acceptors (Lipinski definition) is 4. The zero-order valence-corrected chi connectivity index (χ0v) is 15.8. The highest BCUT2D eigenvalue weighted by molar-refractivity contribution is 5.90. The number of nitrogens with zero attached hydrogens (tertiary/aromatic N) is 4. The molecule has 0 aliphatic rings. The molecule has 0 bridgehead atoms. The van der Waals surface area contributed by atoms with Gasteiger partial charge >= 0.3 is 0 Å². The van der Waals surface area contributed by atoms with Crippen molar-refractivity contribution in [3.8, 4) is 0 Å². The first kappa shape index (κ1) is 18.8. The topological polar surface area (TPSA) is 81.8 Å². The molecule has 0 aliphatic carbocycles. The minimum atomic E-state index is -0.503. The van der Waals surface area contributed by atoms with E-state index in [1.165, 1.54) is 22.9 Å². The average molecular weight is 371 g/mol. The van der Waals surface area contributed by atoms with Crippen molar-refractivity contribution in [3.63, 3.8) is 0 Å². The van der Waals surface area contributed by atoms with Crippen LogP contribution in [0.25, 0.3) is 11.0 Å². The van der Waals surface area contributed by atoms with E-state index in [1.807, 2.05) is 20.8 Å². The minimum Gasteiger partial charge on any atom is -0.324 e. The largest absolute Gasteiger partial charge is 0.324 e. The van der Waals surface area contributed by atoms with Crippen molar-refractivity contribution in [2.75, 3.05) is 5.32 Å². The molecule has 142 valence electrons. The van der Waals surface area contributed by atoms with Crippen LogP contribution in [0.4, 0.5) is 10.1 Å². The van der Waals surface area contributed by atoms with Crippen molar-refractivity contribution in [3.05, 3.63) is 52.5 Å². The van der Waals surface area contributed by atoms with Crippen LogP contribution in [-0.2, 0) is 16.9 Å². The number of aromatic nitrogens is 4. The van der Waals surface area contributed by atoms with Crippen molar-refractivity contribution in [1.82, 2.24) is 19.3 Å². The first-order valence-electron chi connectivity index (χ1n) is 8.68. The highest BCUT2D eigenvalue weighted by Gasteiger charge is 2.21. The van der Waals surface area contributed by atoms with Gasteiger partial charge in [-0.05, 0) is 39.8 Å². The molecule has 0 aliphatic heterocycles. The fourth-order valence-electron chi connectivity index (χ4n) is 2.85. The van der Waals surface area contributed by atoms with Crippen LogP contribution < -0.4 is 10.9 Å². The molecule has 0 fully saturated rings. The fraction of sp³-hybridized carbons (Fsp3) is 0.368. The lowest BCUT2D eigenvalue weighted by atomic mass is 10.1. The van der Waals surface area contributed by atoms with Gasteiger partial charge in [-0.2, -0.15) is 5.10 Å². The second kappa shape index (κ2) is 6.94. The SMILES string of the molecule is Cc1nc2c(cnn2C(C)(C)C)c(=O)n1CCC(=O)Nc1ccccc1F. The number of anilines is 1. The van der Waals surface area contributed by atoms with Gasteiger partial charge in [0, 0.05) is 13.0 Å². The summed E-state index contributed by atoms with van der Waals surface area (Å²) in [4.78, 5) is 29.4. The molecule has 8 heteroatoms. The summed E-state index contributed by atoms with van der Waals surface area (Å²) in [6, 6.07) is 5.94. The van der Waals surface area contributed by atoms with E-state index in [4.69, 9.17) is 0 Å². The Balaban J connectivity index is 1.82. The number of carbonyl (C=O) groups is 1. The molecule has 7 nitrogen and oxygen atoms in total. The van der Waals surface area contributed by atoms with E-state index in [-0.39, 0.29) is 35.7 Å². The Kier molecular flexibility index (Phi) is 4.82. The highest BCUT2D eigenvalue weighted by Crippen LogP contribution is 2.18. The molecule has 1 aromatic carbocycles. The third kappa shape index (κ3) is 3.74. The maximum absolute atomic E-state index is 13.6. The third-order valence-electron chi connectivity index (χ3n) is 4.22. The summed E-state index contributed by atoms with van der Waals surface area (Å²) in [6.07, 6.45) is 1.53. The van der Waals surface area contributed by atoms with E-state index in [9.17, 15) is 14.0 Å². The molecule has 0 spiro atoms. The second-order valence-electron chi connectivity index (χ2n) is 7.36. The van der Waals surface area contributed by atoms with E-state index >= 15 is 0 Å². The molecule has 0 radical (unpaired) electrons. The number of para-hydroxylation sites is 1. The molecule has 0 saturated heterocycles. The van der Waals surface area contributed by atoms with Gasteiger partial charge in [0.15, 0.2) is 5.65 Å². The molecular weight excluding hydrogens is 349 g/mol. The van der Waals surface area contributed by atoms with Crippen molar-refractivity contribution < 1.29 is 9.18 Å². The summed E-state index contributed by atoms with van der Waals surface area (Å²) in [5, 5.41) is 7.21. The van der Waals surface area contributed by atoms with Crippen molar-refractivity contribution >= 4 is 22.6 Å². The maximum Gasteiger partial charge on any atom is 0.264 e. The first-order valence-corrected chi connectivity index (χ1v) is 8.68. The predicted octanol–water partition coefficient (Wildman–Crippen LogP) is 2.82. The van der Waals surface area contributed by atoms with Crippen LogP contribution in [-0.4, -0.2) is 25.2 Å². The quantitative estimate of drug-likeness (QED) is 0.765. The summed E-state index contributed by atoms with van der Waals surface area (Å²) in [5.74, 6) is -0.383. The Morgan fingerprint density at radius 3 is 2.63 bits per heavy atom. The Bertz CT molecular complexity index is 1060. The van der Waals surface area contributed by atoms with Gasteiger partial charge in [0.2, 0.25) is 5.91 Å². The first-order chi connectivity index (χ1) is 12.7. The highest BCUT2D eigenvalue weighted by atomic mass is 19.1. The number of hydrogen-bond donors (Lipinski definition) is 1. The van der Waals surface area contributed by atoms with Gasteiger partial charge in [-0.3, -0.25) is 14.2 Å². The van der Waals surface area contributed by atoms with Gasteiger partial charge in [0.1, 0.15) is 17.0 Å². The number of aryl methyl sites for hydroxylation is 1. The number of fused-ring (bicyclic) bond motifs is 1. The Morgan fingerprint density at radius 2 is 1.96 bits per heavy atom. The van der Waals surface area contributed by atoms with Crippen molar-refractivity contribution in [2.45, 2.75) is 46.2 Å². The van der Waals surface area contributed by atoms with E-state index in [0.717, 1.165) is 0 Å². The van der Waals surface area contributed by atoms with Gasteiger partial charge in [-0.25, -0.2) is 14.1 Å². The number of benzene rings is 1. The van der Waals surface area contributed by atoms with Gasteiger partial charge in [-0.15, -0.1) is 0 Å². The number of halogens is 1. The van der Waals surface area contributed by atoms with E-state index in [0.29, 0.717) is 16.9 Å². The molecule has 1 amide bonds. The minimum absolute atomic E-state index is 0.0235. The average Bonchev–Trinajstić information content (AvgIpc) is 3.01. The lowest BCUT2D eigenvalue weighted by Crippen LogP contribution is -2.28. The second-order valence-corrected chi connectivity index (χ2v) is 7.36. The maximum atomic E-state index is 13.6. The van der Waals surface area contributed by atoms with Gasteiger partial charge in [0.25, 0.3) is 5.56 Å². The summed E-state index contributed by atoms with van der Waals surface area (Å²) >= 11 is 0. The zero-order valence-electron chi connectivity index (χ0n) is 15.8. The molecule has 0 atom stereocenters. The number of carbonyl (C=O) groups excluding carboxylic acids is 1. The Hall–Kier alpha value is -3.03. The lowest BCUT2D eigenvalue weighted by Gasteiger charge is -2.20. The summed E-state index contributed by atoms with van der Waals surface area (Å²) in [6.45, 7) is 7.81. The molecule has 3 rings (SSSR count). The monoisotopic (exact) mass is 371 g/mol. The molecular formula is C19H22FN5O2. The fourth-order valence-corrected chi connectivity index (χ4v) is 2.85. The summed E-state index contributed by atoms with van der Waals surface area (Å²) in [7, 11) is 0.